The molecule has 15 rings (SSSR count). The van der Waals surface area contributed by atoms with E-state index in [0.717, 1.165) is 52.1 Å². The van der Waals surface area contributed by atoms with Crippen molar-refractivity contribution in [3.05, 3.63) is 200 Å². The summed E-state index contributed by atoms with van der Waals surface area (Å²) in [7, 11) is 0. The van der Waals surface area contributed by atoms with E-state index in [-0.39, 0.29) is 96.5 Å². The van der Waals surface area contributed by atoms with E-state index in [2.05, 4.69) is 168 Å². The van der Waals surface area contributed by atoms with Gasteiger partial charge in [-0.3, -0.25) is 80.5 Å². The molecule has 32 heteroatoms. The van der Waals surface area contributed by atoms with Crippen molar-refractivity contribution in [1.82, 2.24) is 72.7 Å². The van der Waals surface area contributed by atoms with Gasteiger partial charge in [-0.2, -0.15) is 26.3 Å². The summed E-state index contributed by atoms with van der Waals surface area (Å²) >= 11 is 7.40. The Morgan fingerprint density at radius 2 is 0.562 bits per heavy atom. The minimum absolute atomic E-state index is 0.0193. The van der Waals surface area contributed by atoms with Gasteiger partial charge in [0.2, 0.25) is 0 Å². The quantitative estimate of drug-likeness (QED) is 0.134. The largest absolute Gasteiger partial charge is 0.286 e. The first-order valence-electron chi connectivity index (χ1n) is 39.6. The average molecular weight is 1720 g/mol. The van der Waals surface area contributed by atoms with Crippen LogP contribution in [0.25, 0.3) is 56.3 Å². The molecule has 25 nitrogen and oxygen atoms in total. The predicted molar refractivity (Wildman–Crippen MR) is 471 cm³/mol. The van der Waals surface area contributed by atoms with Crippen LogP contribution >= 0.6 is 58.8 Å². The van der Waals surface area contributed by atoms with Crippen LogP contribution in [-0.2, 0) is 59.8 Å². The third kappa shape index (κ3) is 20.7. The SMILES string of the molecule is CC(C)(C)c1ccc(-c2nc3n(c(=O)c2C#N)CCCS3)cn1.CC(C)(C)c1ccc(-c2nc3n(c(=O)c2C#N)C[C@@H](CF)CS3)cn1.CC(C)(C)c1ccc(-c2nc3n(c(=O)c2C#N)C[C@H](CF)CS3)cn1.C[C@@H]1CSc2nc(-c3ccc(C(C)(C)C)nc3)c(C#N)c(=O)n2C1.C[C@H]1CSc2nc(-c3ccc(C(C)(C)C)nc3)c(C#N)c(=O)n2C1. The summed E-state index contributed by atoms with van der Waals surface area (Å²) in [6, 6.07) is 29.0. The minimum Gasteiger partial charge on any atom is -0.286 e. The number of nitriles is 5. The van der Waals surface area contributed by atoms with E-state index in [1.807, 2.05) is 91.0 Å². The Balaban J connectivity index is 0.000000148. The summed E-state index contributed by atoms with van der Waals surface area (Å²) in [4.78, 5) is 108. The lowest BCUT2D eigenvalue weighted by Crippen LogP contribution is -2.33. The molecule has 0 radical (unpaired) electrons. The van der Waals surface area contributed by atoms with E-state index in [9.17, 15) is 59.1 Å². The number of alkyl halides is 2. The Labute approximate surface area is 723 Å². The second-order valence-electron chi connectivity index (χ2n) is 35.4. The van der Waals surface area contributed by atoms with Gasteiger partial charge < -0.3 is 0 Å². The van der Waals surface area contributed by atoms with Gasteiger partial charge in [0.05, 0.1) is 41.8 Å². The summed E-state index contributed by atoms with van der Waals surface area (Å²) < 4.78 is 33.6. The van der Waals surface area contributed by atoms with Gasteiger partial charge in [0.25, 0.3) is 27.8 Å². The second-order valence-corrected chi connectivity index (χ2v) is 40.4. The third-order valence-electron chi connectivity index (χ3n) is 20.2. The van der Waals surface area contributed by atoms with Gasteiger partial charge in [-0.1, -0.05) is 177 Å². The van der Waals surface area contributed by atoms with Gasteiger partial charge in [-0.05, 0) is 78.9 Å². The number of halogens is 2. The highest BCUT2D eigenvalue weighted by Crippen LogP contribution is 2.37. The molecule has 5 aliphatic heterocycles. The summed E-state index contributed by atoms with van der Waals surface area (Å²) in [6.45, 7) is 36.9. The van der Waals surface area contributed by atoms with Crippen LogP contribution in [0.15, 0.2) is 141 Å². The fourth-order valence-electron chi connectivity index (χ4n) is 13.2. The van der Waals surface area contributed by atoms with Crippen LogP contribution in [0.3, 0.4) is 0 Å². The molecule has 4 atom stereocenters. The summed E-state index contributed by atoms with van der Waals surface area (Å²) in [6.07, 6.45) is 9.34. The summed E-state index contributed by atoms with van der Waals surface area (Å²) in [5.41, 5.74) is 8.48. The molecule has 15 heterocycles. The molecule has 10 aromatic heterocycles. The van der Waals surface area contributed by atoms with E-state index < -0.39 is 24.5 Å². The van der Waals surface area contributed by atoms with Crippen molar-refractivity contribution in [2.75, 3.05) is 42.1 Å². The van der Waals surface area contributed by atoms with Crippen molar-refractivity contribution in [2.24, 2.45) is 23.7 Å². The minimum atomic E-state index is -0.485. The van der Waals surface area contributed by atoms with Crippen LogP contribution in [0.2, 0.25) is 0 Å². The van der Waals surface area contributed by atoms with Gasteiger partial charge in [-0.25, -0.2) is 24.9 Å². The maximum Gasteiger partial charge on any atom is 0.272 e. The molecular formula is C89H96F2N20O5S5. The highest BCUT2D eigenvalue weighted by molar-refractivity contribution is 8.00. The number of fused-ring (bicyclic) bond motifs is 5. The molecule has 121 heavy (non-hydrogen) atoms. The van der Waals surface area contributed by atoms with Crippen LogP contribution in [-0.4, -0.2) is 115 Å². The highest BCUT2D eigenvalue weighted by Gasteiger charge is 2.32. The summed E-state index contributed by atoms with van der Waals surface area (Å²) in [5, 5.41) is 50.4. The number of hydrogen-bond acceptors (Lipinski definition) is 25. The Bertz CT molecular complexity index is 5800. The van der Waals surface area contributed by atoms with Crippen LogP contribution < -0.4 is 27.8 Å². The smallest absolute Gasteiger partial charge is 0.272 e. The normalized spacial score (nSPS) is 16.5. The number of pyridine rings is 5. The van der Waals surface area contributed by atoms with E-state index >= 15 is 0 Å². The van der Waals surface area contributed by atoms with E-state index in [4.69, 9.17) is 0 Å². The lowest BCUT2D eigenvalue weighted by atomic mass is 9.91. The molecule has 0 amide bonds. The second kappa shape index (κ2) is 37.7. The number of hydrogen-bond donors (Lipinski definition) is 0. The van der Waals surface area contributed by atoms with E-state index in [1.165, 1.54) is 32.7 Å². The van der Waals surface area contributed by atoms with Crippen molar-refractivity contribution in [3.63, 3.8) is 0 Å². The Kier molecular flexibility index (Phi) is 28.3. The molecule has 0 bridgehead atoms. The predicted octanol–water partition coefficient (Wildman–Crippen LogP) is 15.7. The van der Waals surface area contributed by atoms with Gasteiger partial charge in [0.1, 0.15) is 58.2 Å². The number of aromatic nitrogens is 15. The molecule has 0 N–H and O–H groups in total. The maximum atomic E-state index is 12.9. The molecule has 626 valence electrons. The molecule has 0 saturated heterocycles. The van der Waals surface area contributed by atoms with Crippen molar-refractivity contribution in [2.45, 2.75) is 210 Å². The van der Waals surface area contributed by atoms with Crippen LogP contribution in [0.5, 0.6) is 0 Å². The first kappa shape index (κ1) is 91.0. The maximum absolute atomic E-state index is 12.9. The zero-order chi connectivity index (χ0) is 88.0. The number of rotatable bonds is 7. The lowest BCUT2D eigenvalue weighted by Gasteiger charge is -2.23. The van der Waals surface area contributed by atoms with E-state index in [1.54, 1.807) is 80.0 Å². The average Bonchev–Trinajstić information content (AvgIpc) is 0.800. The van der Waals surface area contributed by atoms with Crippen molar-refractivity contribution in [3.8, 4) is 86.6 Å². The van der Waals surface area contributed by atoms with Gasteiger partial charge in [-0.15, -0.1) is 0 Å². The standard InChI is InChI=1S/2C18H19FN4OS.2C18H20N4OS.C17H18N4OS/c2*1-18(2,3)14-5-4-12(8-21-14)15-13(7-20)16(24)23-9-11(6-19)10-25-17(23)22-15;2*1-11-9-22-16(23)13(7-19)15(21-17(22)24-10-11)12-5-6-14(20-8-12)18(2,3)4;1-17(2,3)13-6-5-11(10-19-13)14-12(9-18)15(22)21-7-4-8-23-16(21)20-14/h2*4-5,8,11H,6,9-10H2,1-3H3;2*5-6,8,11H,9-10H2,1-4H3;5-6,10H,4,7-8H2,1-3H3/t4*11-;/m1010./s1. The molecule has 0 spiro atoms. The molecule has 0 aliphatic carbocycles. The van der Waals surface area contributed by atoms with Crippen LogP contribution in [0.1, 0.15) is 180 Å². The summed E-state index contributed by atoms with van der Waals surface area (Å²) in [5.74, 6) is 4.31. The van der Waals surface area contributed by atoms with Crippen molar-refractivity contribution < 1.29 is 8.78 Å². The highest BCUT2D eigenvalue weighted by atomic mass is 32.2. The topological polar surface area (TPSA) is 358 Å². The molecule has 0 saturated carbocycles. The third-order valence-corrected chi connectivity index (χ3v) is 26.3. The molecule has 10 aromatic rings. The monoisotopic (exact) mass is 1720 g/mol. The first-order valence-corrected chi connectivity index (χ1v) is 44.5. The van der Waals surface area contributed by atoms with Crippen molar-refractivity contribution >= 4 is 58.8 Å². The molecular weight excluding hydrogens is 1630 g/mol. The Morgan fingerprint density at radius 1 is 0.339 bits per heavy atom. The zero-order valence-electron chi connectivity index (χ0n) is 70.9. The van der Waals surface area contributed by atoms with E-state index in [0.29, 0.717) is 125 Å². The molecule has 5 aliphatic rings. The number of thioether (sulfide) groups is 5. The first-order chi connectivity index (χ1) is 57.2. The molecule has 0 aromatic carbocycles. The number of nitrogens with zero attached hydrogens (tertiary/aromatic N) is 20. The van der Waals surface area contributed by atoms with Crippen LogP contribution in [0.4, 0.5) is 8.78 Å². The fraction of sp³-hybridized carbons (Fsp3) is 0.438. The zero-order valence-corrected chi connectivity index (χ0v) is 75.0. The fourth-order valence-corrected chi connectivity index (χ4v) is 18.3. The molecule has 0 unspecified atom stereocenters. The Hall–Kier alpha value is -10.8. The van der Waals surface area contributed by atoms with Crippen LogP contribution in [0, 0.1) is 80.3 Å². The van der Waals surface area contributed by atoms with Gasteiger partial charge in [0, 0.05) is 188 Å². The van der Waals surface area contributed by atoms with Gasteiger partial charge in [0.15, 0.2) is 25.8 Å². The lowest BCUT2D eigenvalue weighted by molar-refractivity contribution is 0.330. The van der Waals surface area contributed by atoms with Gasteiger partial charge >= 0.3 is 0 Å². The molecule has 0 fully saturated rings. The van der Waals surface area contributed by atoms with Crippen molar-refractivity contribution in [1.29, 1.82) is 26.3 Å². The Morgan fingerprint density at radius 3 is 0.777 bits per heavy atom.